The minimum atomic E-state index is 0.587. The van der Waals surface area contributed by atoms with Crippen LogP contribution in [0.15, 0.2) is 6.07 Å². The summed E-state index contributed by atoms with van der Waals surface area (Å²) in [7, 11) is 0. The van der Waals surface area contributed by atoms with Crippen LogP contribution in [0.3, 0.4) is 0 Å². The fraction of sp³-hybridized carbons (Fsp3) is 0.750. The Kier molecular flexibility index (Phi) is 4.45. The Morgan fingerprint density at radius 3 is 2.80 bits per heavy atom. The third-order valence-electron chi connectivity index (χ3n) is 4.82. The number of piperidine rings is 1. The fourth-order valence-corrected chi connectivity index (χ4v) is 3.95. The summed E-state index contributed by atoms with van der Waals surface area (Å²) >= 11 is 6.16. The van der Waals surface area contributed by atoms with Crippen LogP contribution in [-0.4, -0.2) is 23.1 Å². The van der Waals surface area contributed by atoms with E-state index in [9.17, 15) is 0 Å². The van der Waals surface area contributed by atoms with Crippen molar-refractivity contribution in [3.8, 4) is 0 Å². The van der Waals surface area contributed by atoms with Crippen molar-refractivity contribution >= 4 is 17.4 Å². The zero-order valence-corrected chi connectivity index (χ0v) is 13.1. The van der Waals surface area contributed by atoms with E-state index in [1.165, 1.54) is 32.1 Å². The molecule has 1 aliphatic heterocycles. The smallest absolute Gasteiger partial charge is 0.134 e. The molecule has 3 nitrogen and oxygen atoms in total. The zero-order chi connectivity index (χ0) is 13.9. The Morgan fingerprint density at radius 1 is 1.20 bits per heavy atom. The molecule has 0 spiro atoms. The highest BCUT2D eigenvalue weighted by Crippen LogP contribution is 2.37. The number of hydrogen-bond acceptors (Lipinski definition) is 3. The molecule has 4 heteroatoms. The van der Waals surface area contributed by atoms with Crippen molar-refractivity contribution in [2.24, 2.45) is 11.8 Å². The monoisotopic (exact) mass is 293 g/mol. The Labute approximate surface area is 126 Å². The highest BCUT2D eigenvalue weighted by Gasteiger charge is 2.31. The number of halogens is 1. The molecule has 0 radical (unpaired) electrons. The molecule has 110 valence electrons. The van der Waals surface area contributed by atoms with Crippen LogP contribution in [0.5, 0.6) is 0 Å². The van der Waals surface area contributed by atoms with Crippen LogP contribution < -0.4 is 4.90 Å². The number of aryl methyl sites for hydroxylation is 1. The van der Waals surface area contributed by atoms with E-state index in [0.29, 0.717) is 5.15 Å². The van der Waals surface area contributed by atoms with Crippen molar-refractivity contribution in [3.05, 3.63) is 17.0 Å². The molecule has 2 aliphatic rings. The molecule has 1 aromatic rings. The minimum absolute atomic E-state index is 0.587. The predicted octanol–water partition coefficient (Wildman–Crippen LogP) is 4.10. The number of nitrogens with zero attached hydrogens (tertiary/aromatic N) is 3. The van der Waals surface area contributed by atoms with E-state index in [-0.39, 0.29) is 0 Å². The maximum atomic E-state index is 6.16. The van der Waals surface area contributed by atoms with Gasteiger partial charge >= 0.3 is 0 Å². The zero-order valence-electron chi connectivity index (χ0n) is 12.3. The second kappa shape index (κ2) is 6.30. The summed E-state index contributed by atoms with van der Waals surface area (Å²) in [4.78, 5) is 11.5. The number of fused-ring (bicyclic) bond motifs is 1. The van der Waals surface area contributed by atoms with Gasteiger partial charge in [0.2, 0.25) is 0 Å². The van der Waals surface area contributed by atoms with Gasteiger partial charge in [-0.05, 0) is 31.1 Å². The van der Waals surface area contributed by atoms with Crippen LogP contribution in [0.25, 0.3) is 0 Å². The van der Waals surface area contributed by atoms with Crippen molar-refractivity contribution in [2.45, 2.75) is 51.9 Å². The SMILES string of the molecule is CCCc1nc(Cl)cc(N2CCC3CCCCC3C2)n1. The van der Waals surface area contributed by atoms with Gasteiger partial charge in [-0.1, -0.05) is 37.8 Å². The Bertz CT molecular complexity index is 463. The molecule has 2 heterocycles. The number of anilines is 1. The second-order valence-electron chi connectivity index (χ2n) is 6.25. The van der Waals surface area contributed by atoms with Crippen LogP contribution in [-0.2, 0) is 6.42 Å². The molecule has 2 unspecified atom stereocenters. The first-order valence-corrected chi connectivity index (χ1v) is 8.42. The lowest BCUT2D eigenvalue weighted by atomic mass is 9.75. The van der Waals surface area contributed by atoms with Gasteiger partial charge in [0.05, 0.1) is 0 Å². The molecule has 2 fully saturated rings. The van der Waals surface area contributed by atoms with Gasteiger partial charge in [0, 0.05) is 25.6 Å². The molecule has 0 N–H and O–H groups in total. The molecule has 1 saturated carbocycles. The van der Waals surface area contributed by atoms with Crippen LogP contribution in [0.4, 0.5) is 5.82 Å². The number of hydrogen-bond donors (Lipinski definition) is 0. The highest BCUT2D eigenvalue weighted by atomic mass is 35.5. The van der Waals surface area contributed by atoms with Gasteiger partial charge in [-0.3, -0.25) is 0 Å². The first-order chi connectivity index (χ1) is 9.76. The normalized spacial score (nSPS) is 26.4. The van der Waals surface area contributed by atoms with E-state index in [0.717, 1.165) is 49.4 Å². The summed E-state index contributed by atoms with van der Waals surface area (Å²) in [6, 6.07) is 1.93. The summed E-state index contributed by atoms with van der Waals surface area (Å²) in [5.74, 6) is 3.74. The van der Waals surface area contributed by atoms with E-state index < -0.39 is 0 Å². The largest absolute Gasteiger partial charge is 0.356 e. The van der Waals surface area contributed by atoms with Crippen molar-refractivity contribution in [1.29, 1.82) is 0 Å². The second-order valence-corrected chi connectivity index (χ2v) is 6.64. The van der Waals surface area contributed by atoms with E-state index in [1.807, 2.05) is 6.07 Å². The first-order valence-electron chi connectivity index (χ1n) is 8.04. The van der Waals surface area contributed by atoms with Gasteiger partial charge in [0.15, 0.2) is 0 Å². The lowest BCUT2D eigenvalue weighted by molar-refractivity contribution is 0.202. The summed E-state index contributed by atoms with van der Waals surface area (Å²) in [6.45, 7) is 4.43. The Morgan fingerprint density at radius 2 is 2.00 bits per heavy atom. The lowest BCUT2D eigenvalue weighted by Gasteiger charge is -2.41. The molecule has 1 aromatic heterocycles. The van der Waals surface area contributed by atoms with Crippen molar-refractivity contribution in [1.82, 2.24) is 9.97 Å². The third kappa shape index (κ3) is 3.08. The third-order valence-corrected chi connectivity index (χ3v) is 5.01. The van der Waals surface area contributed by atoms with Gasteiger partial charge in [0.1, 0.15) is 16.8 Å². The molecular weight excluding hydrogens is 270 g/mol. The molecule has 3 rings (SSSR count). The average molecular weight is 294 g/mol. The van der Waals surface area contributed by atoms with Crippen molar-refractivity contribution in [3.63, 3.8) is 0 Å². The minimum Gasteiger partial charge on any atom is -0.356 e. The maximum absolute atomic E-state index is 6.16. The highest BCUT2D eigenvalue weighted by molar-refractivity contribution is 6.29. The van der Waals surface area contributed by atoms with Gasteiger partial charge < -0.3 is 4.90 Å². The molecule has 0 bridgehead atoms. The average Bonchev–Trinajstić information content (AvgIpc) is 2.46. The fourth-order valence-electron chi connectivity index (χ4n) is 3.76. The van der Waals surface area contributed by atoms with Crippen LogP contribution >= 0.6 is 11.6 Å². The summed E-state index contributed by atoms with van der Waals surface area (Å²) in [6.07, 6.45) is 8.95. The molecule has 2 atom stereocenters. The molecule has 20 heavy (non-hydrogen) atoms. The molecule has 0 aromatic carbocycles. The Balaban J connectivity index is 1.75. The number of rotatable bonds is 3. The quantitative estimate of drug-likeness (QED) is 0.786. The van der Waals surface area contributed by atoms with Gasteiger partial charge in [-0.25, -0.2) is 9.97 Å². The van der Waals surface area contributed by atoms with Crippen molar-refractivity contribution < 1.29 is 0 Å². The van der Waals surface area contributed by atoms with Crippen molar-refractivity contribution in [2.75, 3.05) is 18.0 Å². The molecular formula is C16H24ClN3. The van der Waals surface area contributed by atoms with Gasteiger partial charge in [-0.15, -0.1) is 0 Å². The first kappa shape index (κ1) is 14.1. The Hall–Kier alpha value is -0.830. The van der Waals surface area contributed by atoms with E-state index >= 15 is 0 Å². The van der Waals surface area contributed by atoms with Gasteiger partial charge in [-0.2, -0.15) is 0 Å². The standard InChI is InChI=1S/C16H24ClN3/c1-2-5-15-18-14(17)10-16(19-15)20-9-8-12-6-3-4-7-13(12)11-20/h10,12-13H,2-9,11H2,1H3. The topological polar surface area (TPSA) is 29.0 Å². The van der Waals surface area contributed by atoms with Crippen LogP contribution in [0.2, 0.25) is 5.15 Å². The van der Waals surface area contributed by atoms with E-state index in [4.69, 9.17) is 16.6 Å². The maximum Gasteiger partial charge on any atom is 0.134 e. The summed E-state index contributed by atoms with van der Waals surface area (Å²) in [5, 5.41) is 0.587. The van der Waals surface area contributed by atoms with Crippen LogP contribution in [0, 0.1) is 11.8 Å². The molecule has 1 saturated heterocycles. The number of aromatic nitrogens is 2. The molecule has 1 aliphatic carbocycles. The molecule has 0 amide bonds. The predicted molar refractivity (Wildman–Crippen MR) is 83.3 cm³/mol. The summed E-state index contributed by atoms with van der Waals surface area (Å²) in [5.41, 5.74) is 0. The van der Waals surface area contributed by atoms with Crippen LogP contribution in [0.1, 0.15) is 51.3 Å². The summed E-state index contributed by atoms with van der Waals surface area (Å²) < 4.78 is 0. The van der Waals surface area contributed by atoms with E-state index in [2.05, 4.69) is 16.8 Å². The lowest BCUT2D eigenvalue weighted by Crippen LogP contribution is -2.42. The van der Waals surface area contributed by atoms with Gasteiger partial charge in [0.25, 0.3) is 0 Å². The van der Waals surface area contributed by atoms with E-state index in [1.54, 1.807) is 0 Å².